The van der Waals surface area contributed by atoms with Crippen molar-refractivity contribution in [3.8, 4) is 0 Å². The van der Waals surface area contributed by atoms with E-state index in [-0.39, 0.29) is 12.6 Å². The van der Waals surface area contributed by atoms with Crippen molar-refractivity contribution in [1.82, 2.24) is 15.6 Å². The summed E-state index contributed by atoms with van der Waals surface area (Å²) < 4.78 is 0. The maximum atomic E-state index is 11.6. The molecule has 4 N–H and O–H groups in total. The quantitative estimate of drug-likeness (QED) is 0.687. The van der Waals surface area contributed by atoms with Gasteiger partial charge in [-0.15, -0.1) is 0 Å². The van der Waals surface area contributed by atoms with Crippen LogP contribution in [0.15, 0.2) is 24.5 Å². The average Bonchev–Trinajstić information content (AvgIpc) is 2.42. The summed E-state index contributed by atoms with van der Waals surface area (Å²) in [5, 5.41) is 5.24. The van der Waals surface area contributed by atoms with E-state index < -0.39 is 11.9 Å². The Morgan fingerprint density at radius 1 is 1.47 bits per heavy atom. The highest BCUT2D eigenvalue weighted by Crippen LogP contribution is 2.18. The minimum absolute atomic E-state index is 0.110. The largest absolute Gasteiger partial charge is 0.368 e. The fraction of sp³-hybridized carbons (Fsp3) is 0.462. The molecule has 0 bridgehead atoms. The molecule has 6 nitrogen and oxygen atoms in total. The van der Waals surface area contributed by atoms with Gasteiger partial charge in [-0.3, -0.25) is 9.78 Å². The minimum atomic E-state index is -0.568. The predicted molar refractivity (Wildman–Crippen MR) is 72.2 cm³/mol. The summed E-state index contributed by atoms with van der Waals surface area (Å²) in [5.74, 6) is -0.568. The van der Waals surface area contributed by atoms with Crippen LogP contribution >= 0.6 is 0 Å². The summed E-state index contributed by atoms with van der Waals surface area (Å²) in [6, 6.07) is 3.24. The van der Waals surface area contributed by atoms with Crippen LogP contribution in [0.25, 0.3) is 0 Å². The van der Waals surface area contributed by atoms with E-state index in [9.17, 15) is 9.59 Å². The highest BCUT2D eigenvalue weighted by atomic mass is 16.2. The first-order chi connectivity index (χ1) is 9.13. The number of amides is 3. The first-order valence-electron chi connectivity index (χ1n) is 6.36. The normalized spacial score (nSPS) is 11.6. The molecule has 104 valence electrons. The maximum Gasteiger partial charge on any atom is 0.315 e. The zero-order valence-electron chi connectivity index (χ0n) is 11.1. The molecule has 0 aromatic carbocycles. The molecule has 0 radical (unpaired) electrons. The number of hydrogen-bond donors (Lipinski definition) is 3. The fourth-order valence-electron chi connectivity index (χ4n) is 1.69. The van der Waals surface area contributed by atoms with E-state index in [1.807, 2.05) is 12.1 Å². The summed E-state index contributed by atoms with van der Waals surface area (Å²) in [6.07, 6.45) is 6.28. The number of nitrogens with one attached hydrogen (secondary N) is 2. The number of aromatic nitrogens is 1. The molecule has 0 aliphatic rings. The van der Waals surface area contributed by atoms with E-state index in [1.165, 1.54) is 0 Å². The maximum absolute atomic E-state index is 11.6. The van der Waals surface area contributed by atoms with Gasteiger partial charge in [0.25, 0.3) is 0 Å². The van der Waals surface area contributed by atoms with Crippen molar-refractivity contribution < 1.29 is 9.59 Å². The number of carbonyl (C=O) groups excluding carboxylic acids is 2. The van der Waals surface area contributed by atoms with Gasteiger partial charge in [-0.25, -0.2) is 4.79 Å². The lowest BCUT2D eigenvalue weighted by atomic mass is 10.0. The lowest BCUT2D eigenvalue weighted by Crippen LogP contribution is -2.41. The van der Waals surface area contributed by atoms with E-state index in [0.717, 1.165) is 24.8 Å². The molecule has 3 amide bonds. The molecule has 6 heteroatoms. The number of hydrogen-bond acceptors (Lipinski definition) is 3. The third-order valence-electron chi connectivity index (χ3n) is 2.66. The Morgan fingerprint density at radius 2 is 2.26 bits per heavy atom. The van der Waals surface area contributed by atoms with Crippen LogP contribution in [0.2, 0.25) is 0 Å². The van der Waals surface area contributed by atoms with E-state index in [1.54, 1.807) is 12.4 Å². The van der Waals surface area contributed by atoms with Crippen molar-refractivity contribution in [3.05, 3.63) is 30.1 Å². The van der Waals surface area contributed by atoms with Crippen LogP contribution in [0, 0.1) is 0 Å². The predicted octanol–water partition coefficient (Wildman–Crippen LogP) is 1.10. The van der Waals surface area contributed by atoms with E-state index in [4.69, 9.17) is 5.73 Å². The van der Waals surface area contributed by atoms with Crippen molar-refractivity contribution in [3.63, 3.8) is 0 Å². The number of carbonyl (C=O) groups is 2. The number of urea groups is 1. The molecule has 1 atom stereocenters. The van der Waals surface area contributed by atoms with Crippen molar-refractivity contribution >= 4 is 11.9 Å². The average molecular weight is 264 g/mol. The lowest BCUT2D eigenvalue weighted by Gasteiger charge is -2.18. The summed E-state index contributed by atoms with van der Waals surface area (Å²) in [5.41, 5.74) is 5.92. The molecule has 0 spiro atoms. The molecule has 19 heavy (non-hydrogen) atoms. The number of nitrogens with two attached hydrogens (primary N) is 1. The Hall–Kier alpha value is -2.11. The second kappa shape index (κ2) is 8.07. The molecule has 1 aromatic heterocycles. The van der Waals surface area contributed by atoms with Gasteiger partial charge < -0.3 is 16.4 Å². The smallest absolute Gasteiger partial charge is 0.315 e. The number of nitrogens with zero attached hydrogens (tertiary/aromatic N) is 1. The monoisotopic (exact) mass is 264 g/mol. The highest BCUT2D eigenvalue weighted by Gasteiger charge is 2.14. The molecule has 0 saturated carbocycles. The van der Waals surface area contributed by atoms with Gasteiger partial charge in [-0.05, 0) is 18.1 Å². The molecular formula is C13H20N4O2. The van der Waals surface area contributed by atoms with Gasteiger partial charge in [-0.1, -0.05) is 25.8 Å². The van der Waals surface area contributed by atoms with E-state index in [0.29, 0.717) is 0 Å². The molecule has 1 aromatic rings. The second-order valence-electron chi connectivity index (χ2n) is 4.27. The Morgan fingerprint density at radius 3 is 2.84 bits per heavy atom. The van der Waals surface area contributed by atoms with Crippen LogP contribution in [0.1, 0.15) is 37.8 Å². The van der Waals surface area contributed by atoms with Gasteiger partial charge in [0.15, 0.2) is 0 Å². The van der Waals surface area contributed by atoms with Crippen molar-refractivity contribution in [2.45, 2.75) is 32.2 Å². The second-order valence-corrected chi connectivity index (χ2v) is 4.27. The van der Waals surface area contributed by atoms with Crippen LogP contribution in [0.3, 0.4) is 0 Å². The first kappa shape index (κ1) is 14.9. The number of pyridine rings is 1. The fourth-order valence-corrected chi connectivity index (χ4v) is 1.69. The standard InChI is InChI=1S/C13H20N4O2/c1-2-3-6-11(10-5-4-7-15-8-10)17-13(19)16-9-12(14)18/h4-5,7-8,11H,2-3,6,9H2,1H3,(H2,14,18)(H2,16,17,19). The van der Waals surface area contributed by atoms with Crippen LogP contribution < -0.4 is 16.4 Å². The SMILES string of the molecule is CCCCC(NC(=O)NCC(N)=O)c1cccnc1. The van der Waals surface area contributed by atoms with Gasteiger partial charge in [0, 0.05) is 12.4 Å². The van der Waals surface area contributed by atoms with Crippen molar-refractivity contribution in [1.29, 1.82) is 0 Å². The molecule has 1 heterocycles. The molecular weight excluding hydrogens is 244 g/mol. The summed E-state index contributed by atoms with van der Waals surface area (Å²) in [7, 11) is 0. The molecule has 1 unspecified atom stereocenters. The number of rotatable bonds is 7. The van der Waals surface area contributed by atoms with Crippen molar-refractivity contribution in [2.24, 2.45) is 5.73 Å². The Kier molecular flexibility index (Phi) is 6.35. The first-order valence-corrected chi connectivity index (χ1v) is 6.36. The topological polar surface area (TPSA) is 97.1 Å². The van der Waals surface area contributed by atoms with Crippen LogP contribution in [0.4, 0.5) is 4.79 Å². The summed E-state index contributed by atoms with van der Waals surface area (Å²) >= 11 is 0. The van der Waals surface area contributed by atoms with Crippen LogP contribution in [0.5, 0.6) is 0 Å². The molecule has 0 aliphatic heterocycles. The Bertz CT molecular complexity index is 408. The Balaban J connectivity index is 2.59. The zero-order chi connectivity index (χ0) is 14.1. The minimum Gasteiger partial charge on any atom is -0.368 e. The van der Waals surface area contributed by atoms with Gasteiger partial charge in [0.2, 0.25) is 5.91 Å². The third-order valence-corrected chi connectivity index (χ3v) is 2.66. The molecule has 0 aliphatic carbocycles. The van der Waals surface area contributed by atoms with Crippen molar-refractivity contribution in [2.75, 3.05) is 6.54 Å². The zero-order valence-corrected chi connectivity index (χ0v) is 11.1. The van der Waals surface area contributed by atoms with Crippen LogP contribution in [-0.4, -0.2) is 23.5 Å². The lowest BCUT2D eigenvalue weighted by molar-refractivity contribution is -0.117. The number of unbranched alkanes of at least 4 members (excludes halogenated alkanes) is 1. The van der Waals surface area contributed by atoms with Crippen LogP contribution in [-0.2, 0) is 4.79 Å². The number of primary amides is 1. The summed E-state index contributed by atoms with van der Waals surface area (Å²) in [6.45, 7) is 1.92. The van der Waals surface area contributed by atoms with Gasteiger partial charge in [-0.2, -0.15) is 0 Å². The third kappa shape index (κ3) is 5.85. The summed E-state index contributed by atoms with van der Waals surface area (Å²) in [4.78, 5) is 26.3. The molecule has 1 rings (SSSR count). The van der Waals surface area contributed by atoms with Gasteiger partial charge >= 0.3 is 6.03 Å². The Labute approximate surface area is 112 Å². The van der Waals surface area contributed by atoms with Gasteiger partial charge in [0.1, 0.15) is 0 Å². The molecule has 0 fully saturated rings. The highest BCUT2D eigenvalue weighted by molar-refractivity contribution is 5.82. The van der Waals surface area contributed by atoms with Gasteiger partial charge in [0.05, 0.1) is 12.6 Å². The molecule has 0 saturated heterocycles. The van der Waals surface area contributed by atoms with E-state index >= 15 is 0 Å². The van der Waals surface area contributed by atoms with E-state index in [2.05, 4.69) is 22.5 Å².